The molecule has 0 bridgehead atoms. The fourth-order valence-electron chi connectivity index (χ4n) is 2.51. The maximum Gasteiger partial charge on any atom is 0.337 e. The van der Waals surface area contributed by atoms with Crippen LogP contribution in [0.1, 0.15) is 22.3 Å². The second kappa shape index (κ2) is 5.44. The number of pyridine rings is 1. The highest BCUT2D eigenvalue weighted by Crippen LogP contribution is 2.36. The van der Waals surface area contributed by atoms with Gasteiger partial charge in [-0.3, -0.25) is 0 Å². The molecule has 2 heterocycles. The fourth-order valence-corrected chi connectivity index (χ4v) is 2.51. The van der Waals surface area contributed by atoms with E-state index in [1.54, 1.807) is 6.07 Å². The number of rotatable bonds is 2. The maximum absolute atomic E-state index is 11.0. The number of anilines is 2. The van der Waals surface area contributed by atoms with Gasteiger partial charge in [-0.05, 0) is 37.1 Å². The Labute approximate surface area is 122 Å². The Morgan fingerprint density at radius 3 is 2.95 bits per heavy atom. The second-order valence-electron chi connectivity index (χ2n) is 4.99. The molecule has 0 fully saturated rings. The van der Waals surface area contributed by atoms with Gasteiger partial charge in [-0.1, -0.05) is 12.1 Å². The summed E-state index contributed by atoms with van der Waals surface area (Å²) >= 11 is 0. The maximum atomic E-state index is 11.0. The van der Waals surface area contributed by atoms with E-state index in [1.165, 1.54) is 6.20 Å². The second-order valence-corrected chi connectivity index (χ2v) is 4.99. The molecule has 0 aliphatic carbocycles. The first-order valence-electron chi connectivity index (χ1n) is 6.86. The van der Waals surface area contributed by atoms with Crippen LogP contribution in [0.4, 0.5) is 11.5 Å². The van der Waals surface area contributed by atoms with Crippen molar-refractivity contribution in [2.45, 2.75) is 13.3 Å². The predicted molar refractivity (Wildman–Crippen MR) is 79.5 cm³/mol. The largest absolute Gasteiger partial charge is 0.491 e. The van der Waals surface area contributed by atoms with Crippen molar-refractivity contribution in [3.8, 4) is 5.75 Å². The van der Waals surface area contributed by atoms with Gasteiger partial charge in [0, 0.05) is 12.7 Å². The number of carboxylic acid groups (broad SMARTS) is 1. The SMILES string of the molecule is Cc1cc(C(=O)O)cnc1N1CCCOc2ccccc21. The molecule has 1 aliphatic rings. The number of aryl methyl sites for hydroxylation is 1. The van der Waals surface area contributed by atoms with Crippen LogP contribution < -0.4 is 9.64 Å². The van der Waals surface area contributed by atoms with Crippen molar-refractivity contribution >= 4 is 17.5 Å². The summed E-state index contributed by atoms with van der Waals surface area (Å²) in [5.74, 6) is 0.646. The molecule has 1 aromatic heterocycles. The van der Waals surface area contributed by atoms with Crippen LogP contribution in [0.3, 0.4) is 0 Å². The Morgan fingerprint density at radius 2 is 2.19 bits per heavy atom. The monoisotopic (exact) mass is 284 g/mol. The highest BCUT2D eigenvalue weighted by Gasteiger charge is 2.20. The minimum Gasteiger partial charge on any atom is -0.491 e. The summed E-state index contributed by atoms with van der Waals surface area (Å²) in [4.78, 5) is 17.5. The number of carboxylic acids is 1. The molecule has 5 heteroatoms. The number of ether oxygens (including phenoxy) is 1. The lowest BCUT2D eigenvalue weighted by Gasteiger charge is -2.24. The van der Waals surface area contributed by atoms with Gasteiger partial charge in [0.25, 0.3) is 0 Å². The molecular formula is C16H16N2O3. The van der Waals surface area contributed by atoms with E-state index in [2.05, 4.69) is 9.88 Å². The number of nitrogens with zero attached hydrogens (tertiary/aromatic N) is 2. The number of hydrogen-bond acceptors (Lipinski definition) is 4. The number of benzene rings is 1. The van der Waals surface area contributed by atoms with Crippen LogP contribution in [0.25, 0.3) is 0 Å². The van der Waals surface area contributed by atoms with E-state index in [-0.39, 0.29) is 5.56 Å². The van der Waals surface area contributed by atoms with Crippen molar-refractivity contribution in [1.82, 2.24) is 4.98 Å². The smallest absolute Gasteiger partial charge is 0.337 e. The first-order valence-corrected chi connectivity index (χ1v) is 6.86. The van der Waals surface area contributed by atoms with Crippen LogP contribution >= 0.6 is 0 Å². The summed E-state index contributed by atoms with van der Waals surface area (Å²) in [5.41, 5.74) is 2.01. The molecule has 2 aromatic rings. The van der Waals surface area contributed by atoms with Crippen LogP contribution in [-0.2, 0) is 0 Å². The average Bonchev–Trinajstić information content (AvgIpc) is 2.69. The summed E-state index contributed by atoms with van der Waals surface area (Å²) in [7, 11) is 0. The minimum atomic E-state index is -0.961. The Kier molecular flexibility index (Phi) is 3.48. The van der Waals surface area contributed by atoms with Crippen molar-refractivity contribution in [2.24, 2.45) is 0 Å². The van der Waals surface area contributed by atoms with Crippen molar-refractivity contribution in [3.63, 3.8) is 0 Å². The first-order chi connectivity index (χ1) is 10.2. The van der Waals surface area contributed by atoms with Gasteiger partial charge in [-0.15, -0.1) is 0 Å². The molecule has 0 saturated heterocycles. The van der Waals surface area contributed by atoms with Crippen LogP contribution in [0, 0.1) is 6.92 Å². The number of aromatic carboxylic acids is 1. The normalized spacial score (nSPS) is 14.0. The predicted octanol–water partition coefficient (Wildman–Crippen LogP) is 3.01. The van der Waals surface area contributed by atoms with Gasteiger partial charge in [0.2, 0.25) is 0 Å². The summed E-state index contributed by atoms with van der Waals surface area (Å²) in [5, 5.41) is 9.04. The van der Waals surface area contributed by atoms with Crippen molar-refractivity contribution in [2.75, 3.05) is 18.1 Å². The summed E-state index contributed by atoms with van der Waals surface area (Å²) in [6.45, 7) is 3.33. The summed E-state index contributed by atoms with van der Waals surface area (Å²) in [6.07, 6.45) is 2.29. The van der Waals surface area contributed by atoms with Gasteiger partial charge >= 0.3 is 5.97 Å². The van der Waals surface area contributed by atoms with Crippen molar-refractivity contribution in [1.29, 1.82) is 0 Å². The van der Waals surface area contributed by atoms with E-state index in [9.17, 15) is 4.79 Å². The quantitative estimate of drug-likeness (QED) is 0.918. The van der Waals surface area contributed by atoms with Gasteiger partial charge in [-0.2, -0.15) is 0 Å². The van der Waals surface area contributed by atoms with Crippen LogP contribution in [0.2, 0.25) is 0 Å². The van der Waals surface area contributed by atoms with E-state index in [0.29, 0.717) is 6.61 Å². The van der Waals surface area contributed by atoms with E-state index < -0.39 is 5.97 Å². The molecule has 0 spiro atoms. The molecule has 0 amide bonds. The molecule has 0 atom stereocenters. The van der Waals surface area contributed by atoms with E-state index >= 15 is 0 Å². The standard InChI is InChI=1S/C16H16N2O3/c1-11-9-12(16(19)20)10-17-15(11)18-7-4-8-21-14-6-3-2-5-13(14)18/h2-3,5-6,9-10H,4,7-8H2,1H3,(H,19,20). The molecule has 5 nitrogen and oxygen atoms in total. The van der Waals surface area contributed by atoms with Crippen LogP contribution in [-0.4, -0.2) is 29.2 Å². The fraction of sp³-hybridized carbons (Fsp3) is 0.250. The third-order valence-corrected chi connectivity index (χ3v) is 3.49. The van der Waals surface area contributed by atoms with Crippen LogP contribution in [0.15, 0.2) is 36.5 Å². The summed E-state index contributed by atoms with van der Waals surface area (Å²) < 4.78 is 5.74. The van der Waals surface area contributed by atoms with Gasteiger partial charge in [-0.25, -0.2) is 9.78 Å². The van der Waals surface area contributed by atoms with E-state index in [0.717, 1.165) is 35.8 Å². The van der Waals surface area contributed by atoms with Gasteiger partial charge in [0.15, 0.2) is 0 Å². The number of hydrogen-bond donors (Lipinski definition) is 1. The Balaban J connectivity index is 2.06. The summed E-state index contributed by atoms with van der Waals surface area (Å²) in [6, 6.07) is 9.48. The topological polar surface area (TPSA) is 62.7 Å². The minimum absolute atomic E-state index is 0.204. The molecule has 1 N–H and O–H groups in total. The van der Waals surface area contributed by atoms with E-state index in [4.69, 9.17) is 9.84 Å². The zero-order chi connectivity index (χ0) is 14.8. The van der Waals surface area contributed by atoms with Crippen molar-refractivity contribution in [3.05, 3.63) is 47.7 Å². The Morgan fingerprint density at radius 1 is 1.38 bits per heavy atom. The number of aromatic nitrogens is 1. The Bertz CT molecular complexity index is 685. The van der Waals surface area contributed by atoms with Gasteiger partial charge in [0.05, 0.1) is 17.9 Å². The molecule has 21 heavy (non-hydrogen) atoms. The highest BCUT2D eigenvalue weighted by molar-refractivity contribution is 5.88. The first kappa shape index (κ1) is 13.4. The third kappa shape index (κ3) is 2.54. The molecule has 108 valence electrons. The molecule has 1 aliphatic heterocycles. The molecule has 3 rings (SSSR count). The zero-order valence-corrected chi connectivity index (χ0v) is 11.7. The van der Waals surface area contributed by atoms with Gasteiger partial charge < -0.3 is 14.7 Å². The lowest BCUT2D eigenvalue weighted by Crippen LogP contribution is -2.20. The molecule has 1 aromatic carbocycles. The molecule has 0 unspecified atom stereocenters. The van der Waals surface area contributed by atoms with E-state index in [1.807, 2.05) is 31.2 Å². The van der Waals surface area contributed by atoms with Gasteiger partial charge in [0.1, 0.15) is 11.6 Å². The lowest BCUT2D eigenvalue weighted by atomic mass is 10.1. The zero-order valence-electron chi connectivity index (χ0n) is 11.7. The lowest BCUT2D eigenvalue weighted by molar-refractivity contribution is 0.0696. The molecule has 0 saturated carbocycles. The highest BCUT2D eigenvalue weighted by atomic mass is 16.5. The van der Waals surface area contributed by atoms with Crippen molar-refractivity contribution < 1.29 is 14.6 Å². The number of fused-ring (bicyclic) bond motifs is 1. The number of carbonyl (C=O) groups is 1. The number of para-hydroxylation sites is 2. The average molecular weight is 284 g/mol. The Hall–Kier alpha value is -2.56. The molecular weight excluding hydrogens is 268 g/mol. The third-order valence-electron chi connectivity index (χ3n) is 3.49. The molecule has 0 radical (unpaired) electrons. The van der Waals surface area contributed by atoms with Crippen LogP contribution in [0.5, 0.6) is 5.75 Å².